The van der Waals surface area contributed by atoms with Crippen molar-refractivity contribution in [1.29, 1.82) is 0 Å². The zero-order valence-electron chi connectivity index (χ0n) is 11.0. The third kappa shape index (κ3) is 3.65. The molecule has 0 aromatic heterocycles. The summed E-state index contributed by atoms with van der Waals surface area (Å²) in [6, 6.07) is 3.34. The Morgan fingerprint density at radius 1 is 1.42 bits per heavy atom. The van der Waals surface area contributed by atoms with Gasteiger partial charge in [-0.15, -0.1) is 0 Å². The van der Waals surface area contributed by atoms with Gasteiger partial charge in [0.2, 0.25) is 10.0 Å². The number of rotatable bonds is 5. The highest BCUT2D eigenvalue weighted by Crippen LogP contribution is 2.25. The van der Waals surface area contributed by atoms with Gasteiger partial charge >= 0.3 is 0 Å². The van der Waals surface area contributed by atoms with E-state index in [-0.39, 0.29) is 16.3 Å². The lowest BCUT2D eigenvalue weighted by Crippen LogP contribution is -2.42. The summed E-state index contributed by atoms with van der Waals surface area (Å²) in [5, 5.41) is 10.7. The van der Waals surface area contributed by atoms with Crippen molar-refractivity contribution in [2.75, 3.05) is 5.73 Å². The predicted octanol–water partition coefficient (Wildman–Crippen LogP) is 1.64. The van der Waals surface area contributed by atoms with Gasteiger partial charge in [-0.1, -0.05) is 6.92 Å². The molecule has 0 saturated carbocycles. The highest BCUT2D eigenvalue weighted by molar-refractivity contribution is 7.89. The zero-order valence-corrected chi connectivity index (χ0v) is 11.8. The maximum absolute atomic E-state index is 12.2. The van der Waals surface area contributed by atoms with Crippen molar-refractivity contribution in [2.45, 2.75) is 37.6 Å². The fourth-order valence-electron chi connectivity index (χ4n) is 1.36. The van der Waals surface area contributed by atoms with Crippen molar-refractivity contribution < 1.29 is 13.3 Å². The Balaban J connectivity index is 3.28. The first-order chi connectivity index (χ1) is 8.59. The summed E-state index contributed by atoms with van der Waals surface area (Å²) in [6.07, 6.45) is 0.570. The van der Waals surface area contributed by atoms with E-state index in [1.807, 2.05) is 6.92 Å². The first-order valence-corrected chi connectivity index (χ1v) is 7.15. The number of nitrogens with zero attached hydrogens (tertiary/aromatic N) is 1. The second-order valence-electron chi connectivity index (χ2n) is 4.82. The van der Waals surface area contributed by atoms with E-state index in [1.54, 1.807) is 13.8 Å². The molecule has 0 radical (unpaired) electrons. The van der Waals surface area contributed by atoms with Gasteiger partial charge in [0.05, 0.1) is 10.6 Å². The number of nitrogens with one attached hydrogen (secondary N) is 1. The molecule has 0 amide bonds. The molecular weight excluding hydrogens is 270 g/mol. The molecule has 0 unspecified atom stereocenters. The molecule has 1 aromatic carbocycles. The van der Waals surface area contributed by atoms with Crippen LogP contribution < -0.4 is 10.5 Å². The van der Waals surface area contributed by atoms with Gasteiger partial charge in [0.1, 0.15) is 4.90 Å². The Morgan fingerprint density at radius 2 is 2.00 bits per heavy atom. The minimum atomic E-state index is -3.90. The summed E-state index contributed by atoms with van der Waals surface area (Å²) >= 11 is 0. The van der Waals surface area contributed by atoms with Gasteiger partial charge in [0, 0.05) is 17.7 Å². The lowest BCUT2D eigenvalue weighted by molar-refractivity contribution is -0.385. The quantitative estimate of drug-likeness (QED) is 0.485. The molecule has 0 aliphatic heterocycles. The van der Waals surface area contributed by atoms with Crippen LogP contribution in [0.15, 0.2) is 23.1 Å². The number of anilines is 1. The molecule has 106 valence electrons. The average molecular weight is 287 g/mol. The van der Waals surface area contributed by atoms with Crippen LogP contribution in [-0.4, -0.2) is 18.9 Å². The molecule has 0 spiro atoms. The SMILES string of the molecule is CCC(C)(C)NS(=O)(=O)c1cc([N+](=O)[O-])ccc1N. The molecular formula is C11H17N3O4S. The van der Waals surface area contributed by atoms with Crippen molar-refractivity contribution in [3.63, 3.8) is 0 Å². The highest BCUT2D eigenvalue weighted by Gasteiger charge is 2.27. The lowest BCUT2D eigenvalue weighted by atomic mass is 10.0. The summed E-state index contributed by atoms with van der Waals surface area (Å²) in [5.74, 6) is 0. The number of sulfonamides is 1. The second kappa shape index (κ2) is 5.14. The van der Waals surface area contributed by atoms with E-state index in [1.165, 1.54) is 12.1 Å². The van der Waals surface area contributed by atoms with Gasteiger partial charge in [-0.2, -0.15) is 0 Å². The van der Waals surface area contributed by atoms with E-state index >= 15 is 0 Å². The average Bonchev–Trinajstić information content (AvgIpc) is 2.27. The molecule has 0 fully saturated rings. The minimum absolute atomic E-state index is 0.0231. The fourth-order valence-corrected chi connectivity index (χ4v) is 3.00. The normalized spacial score (nSPS) is 12.4. The highest BCUT2D eigenvalue weighted by atomic mass is 32.2. The molecule has 8 heteroatoms. The molecule has 1 rings (SSSR count). The van der Waals surface area contributed by atoms with Gasteiger partial charge in [-0.05, 0) is 26.3 Å². The van der Waals surface area contributed by atoms with E-state index in [0.717, 1.165) is 6.07 Å². The Bertz CT molecular complexity index is 596. The number of benzene rings is 1. The van der Waals surface area contributed by atoms with Crippen LogP contribution in [0.2, 0.25) is 0 Å². The first kappa shape index (κ1) is 15.4. The fraction of sp³-hybridized carbons (Fsp3) is 0.455. The molecule has 19 heavy (non-hydrogen) atoms. The van der Waals surface area contributed by atoms with Gasteiger partial charge in [-0.25, -0.2) is 13.1 Å². The van der Waals surface area contributed by atoms with Crippen molar-refractivity contribution in [1.82, 2.24) is 4.72 Å². The maximum atomic E-state index is 12.2. The third-order valence-electron chi connectivity index (χ3n) is 2.79. The van der Waals surface area contributed by atoms with Crippen LogP contribution in [0.1, 0.15) is 27.2 Å². The van der Waals surface area contributed by atoms with Crippen LogP contribution in [0.3, 0.4) is 0 Å². The monoisotopic (exact) mass is 287 g/mol. The number of nitrogen functional groups attached to an aromatic ring is 1. The van der Waals surface area contributed by atoms with E-state index in [2.05, 4.69) is 4.72 Å². The number of nitro benzene ring substituents is 1. The van der Waals surface area contributed by atoms with E-state index in [4.69, 9.17) is 5.73 Å². The molecule has 0 heterocycles. The number of non-ortho nitro benzene ring substituents is 1. The smallest absolute Gasteiger partial charge is 0.270 e. The van der Waals surface area contributed by atoms with E-state index < -0.39 is 20.5 Å². The molecule has 0 atom stereocenters. The lowest BCUT2D eigenvalue weighted by Gasteiger charge is -2.24. The van der Waals surface area contributed by atoms with Gasteiger partial charge in [0.15, 0.2) is 0 Å². The van der Waals surface area contributed by atoms with Gasteiger partial charge in [0.25, 0.3) is 5.69 Å². The minimum Gasteiger partial charge on any atom is -0.398 e. The van der Waals surface area contributed by atoms with Crippen LogP contribution in [0.4, 0.5) is 11.4 Å². The van der Waals surface area contributed by atoms with E-state index in [0.29, 0.717) is 6.42 Å². The van der Waals surface area contributed by atoms with Crippen LogP contribution in [0.25, 0.3) is 0 Å². The summed E-state index contributed by atoms with van der Waals surface area (Å²) < 4.78 is 26.9. The summed E-state index contributed by atoms with van der Waals surface area (Å²) in [5.41, 5.74) is 4.60. The predicted molar refractivity (Wildman–Crippen MR) is 72.2 cm³/mol. The number of hydrogen-bond acceptors (Lipinski definition) is 5. The van der Waals surface area contributed by atoms with Crippen molar-refractivity contribution in [3.05, 3.63) is 28.3 Å². The van der Waals surface area contributed by atoms with Crippen LogP contribution >= 0.6 is 0 Å². The molecule has 3 N–H and O–H groups in total. The van der Waals surface area contributed by atoms with Crippen molar-refractivity contribution in [2.24, 2.45) is 0 Å². The third-order valence-corrected chi connectivity index (χ3v) is 4.55. The van der Waals surface area contributed by atoms with Crippen LogP contribution in [-0.2, 0) is 10.0 Å². The van der Waals surface area contributed by atoms with Gasteiger partial charge < -0.3 is 5.73 Å². The molecule has 0 aliphatic carbocycles. The Hall–Kier alpha value is -1.67. The maximum Gasteiger partial charge on any atom is 0.270 e. The Morgan fingerprint density at radius 3 is 2.47 bits per heavy atom. The molecule has 0 aliphatic rings. The zero-order chi connectivity index (χ0) is 14.8. The Labute approximate surface area is 112 Å². The number of hydrogen-bond donors (Lipinski definition) is 2. The molecule has 1 aromatic rings. The van der Waals surface area contributed by atoms with Crippen LogP contribution in [0, 0.1) is 10.1 Å². The summed E-state index contributed by atoms with van der Waals surface area (Å²) in [6.45, 7) is 5.27. The van der Waals surface area contributed by atoms with E-state index in [9.17, 15) is 18.5 Å². The largest absolute Gasteiger partial charge is 0.398 e. The molecule has 0 bridgehead atoms. The second-order valence-corrected chi connectivity index (χ2v) is 6.47. The summed E-state index contributed by atoms with van der Waals surface area (Å²) in [4.78, 5) is 9.74. The molecule has 7 nitrogen and oxygen atoms in total. The standard InChI is InChI=1S/C11H17N3O4S/c1-4-11(2,3)13-19(17,18)10-7-8(14(15)16)5-6-9(10)12/h5-7,13H,4,12H2,1-3H3. The van der Waals surface area contributed by atoms with Crippen molar-refractivity contribution >= 4 is 21.4 Å². The molecule has 0 saturated heterocycles. The van der Waals surface area contributed by atoms with Crippen molar-refractivity contribution in [3.8, 4) is 0 Å². The van der Waals surface area contributed by atoms with Gasteiger partial charge in [-0.3, -0.25) is 10.1 Å². The number of nitrogens with two attached hydrogens (primary N) is 1. The first-order valence-electron chi connectivity index (χ1n) is 5.67. The topological polar surface area (TPSA) is 115 Å². The van der Waals surface area contributed by atoms with Crippen LogP contribution in [0.5, 0.6) is 0 Å². The number of nitro groups is 1. The Kier molecular flexibility index (Phi) is 4.16. The summed E-state index contributed by atoms with van der Waals surface area (Å²) in [7, 11) is -3.90.